The molecule has 106 valence electrons. The number of anilines is 1. The van der Waals surface area contributed by atoms with Crippen molar-refractivity contribution in [1.29, 1.82) is 0 Å². The highest BCUT2D eigenvalue weighted by molar-refractivity contribution is 6.32. The third-order valence-electron chi connectivity index (χ3n) is 3.92. The molecule has 1 aliphatic carbocycles. The molecule has 1 aliphatic rings. The molecular formula is C14H22ClN3O. The molecule has 5 heteroatoms. The molecule has 0 bridgehead atoms. The Bertz CT molecular complexity index is 492. The van der Waals surface area contributed by atoms with Gasteiger partial charge in [-0.25, -0.2) is 4.68 Å². The summed E-state index contributed by atoms with van der Waals surface area (Å²) in [5.41, 5.74) is 0.434. The van der Waals surface area contributed by atoms with Crippen molar-refractivity contribution in [2.75, 3.05) is 5.32 Å². The van der Waals surface area contributed by atoms with Crippen molar-refractivity contribution in [2.45, 2.75) is 58.5 Å². The highest BCUT2D eigenvalue weighted by Gasteiger charge is 2.22. The SMILES string of the molecule is CC(Nc1cnn(C(C)C)c(=O)c1Cl)C1CCCC1. The van der Waals surface area contributed by atoms with Gasteiger partial charge in [0.2, 0.25) is 0 Å². The van der Waals surface area contributed by atoms with Crippen molar-refractivity contribution in [2.24, 2.45) is 5.92 Å². The van der Waals surface area contributed by atoms with E-state index in [9.17, 15) is 4.79 Å². The average molecular weight is 284 g/mol. The minimum Gasteiger partial charge on any atom is -0.380 e. The van der Waals surface area contributed by atoms with Gasteiger partial charge in [-0.2, -0.15) is 5.10 Å². The van der Waals surface area contributed by atoms with Crippen LogP contribution in [0.15, 0.2) is 11.0 Å². The fourth-order valence-corrected chi connectivity index (χ4v) is 2.92. The van der Waals surface area contributed by atoms with Gasteiger partial charge in [0.1, 0.15) is 5.02 Å². The van der Waals surface area contributed by atoms with Gasteiger partial charge in [0.05, 0.1) is 17.9 Å². The first-order valence-electron chi connectivity index (χ1n) is 7.04. The summed E-state index contributed by atoms with van der Waals surface area (Å²) in [5, 5.41) is 7.77. The topological polar surface area (TPSA) is 46.9 Å². The number of nitrogens with one attached hydrogen (secondary N) is 1. The Morgan fingerprint density at radius 3 is 2.58 bits per heavy atom. The zero-order valence-corrected chi connectivity index (χ0v) is 12.6. The van der Waals surface area contributed by atoms with E-state index in [1.165, 1.54) is 30.4 Å². The van der Waals surface area contributed by atoms with E-state index in [1.807, 2.05) is 13.8 Å². The molecule has 1 saturated carbocycles. The molecule has 1 aromatic heterocycles. The lowest BCUT2D eigenvalue weighted by Crippen LogP contribution is -2.29. The first-order chi connectivity index (χ1) is 9.00. The Kier molecular flexibility index (Phi) is 4.50. The van der Waals surface area contributed by atoms with Crippen LogP contribution < -0.4 is 10.9 Å². The molecule has 0 aliphatic heterocycles. The van der Waals surface area contributed by atoms with E-state index in [1.54, 1.807) is 6.20 Å². The van der Waals surface area contributed by atoms with Gasteiger partial charge in [0, 0.05) is 6.04 Å². The summed E-state index contributed by atoms with van der Waals surface area (Å²) in [6.07, 6.45) is 6.77. The number of aromatic nitrogens is 2. The number of hydrogen-bond donors (Lipinski definition) is 1. The van der Waals surface area contributed by atoms with Crippen molar-refractivity contribution in [1.82, 2.24) is 9.78 Å². The lowest BCUT2D eigenvalue weighted by atomic mass is 10.00. The van der Waals surface area contributed by atoms with Gasteiger partial charge in [-0.05, 0) is 39.5 Å². The maximum absolute atomic E-state index is 12.1. The van der Waals surface area contributed by atoms with E-state index < -0.39 is 0 Å². The molecule has 0 amide bonds. The van der Waals surface area contributed by atoms with E-state index in [0.29, 0.717) is 17.6 Å². The van der Waals surface area contributed by atoms with Crippen molar-refractivity contribution in [3.63, 3.8) is 0 Å². The van der Waals surface area contributed by atoms with Gasteiger partial charge >= 0.3 is 0 Å². The standard InChI is InChI=1S/C14H22ClN3O/c1-9(2)18-14(19)13(15)12(8-16-18)17-10(3)11-6-4-5-7-11/h8-11,17H,4-7H2,1-3H3. The normalized spacial score (nSPS) is 17.9. The maximum Gasteiger partial charge on any atom is 0.287 e. The quantitative estimate of drug-likeness (QED) is 0.920. The average Bonchev–Trinajstić information content (AvgIpc) is 2.88. The first-order valence-corrected chi connectivity index (χ1v) is 7.42. The van der Waals surface area contributed by atoms with Crippen molar-refractivity contribution >= 4 is 17.3 Å². The van der Waals surface area contributed by atoms with Crippen molar-refractivity contribution in [3.05, 3.63) is 21.6 Å². The number of hydrogen-bond acceptors (Lipinski definition) is 3. The van der Waals surface area contributed by atoms with Gasteiger partial charge in [-0.15, -0.1) is 0 Å². The Morgan fingerprint density at radius 1 is 1.37 bits per heavy atom. The molecule has 0 saturated heterocycles. The smallest absolute Gasteiger partial charge is 0.287 e. The van der Waals surface area contributed by atoms with Crippen LogP contribution in [0.2, 0.25) is 5.02 Å². The fourth-order valence-electron chi connectivity index (χ4n) is 2.73. The molecule has 0 aromatic carbocycles. The lowest BCUT2D eigenvalue weighted by molar-refractivity contribution is 0.479. The van der Waals surface area contributed by atoms with Gasteiger partial charge in [-0.3, -0.25) is 4.79 Å². The number of halogens is 1. The van der Waals surface area contributed by atoms with Gasteiger partial charge in [0.25, 0.3) is 5.56 Å². The van der Waals surface area contributed by atoms with Crippen molar-refractivity contribution < 1.29 is 0 Å². The molecule has 1 fully saturated rings. The first kappa shape index (κ1) is 14.4. The Hall–Kier alpha value is -1.03. The minimum absolute atomic E-state index is 0.0197. The molecule has 2 rings (SSSR count). The summed E-state index contributed by atoms with van der Waals surface area (Å²) in [5.74, 6) is 0.670. The molecule has 4 nitrogen and oxygen atoms in total. The lowest BCUT2D eigenvalue weighted by Gasteiger charge is -2.22. The van der Waals surface area contributed by atoms with Crippen LogP contribution in [-0.2, 0) is 0 Å². The highest BCUT2D eigenvalue weighted by Crippen LogP contribution is 2.30. The second-order valence-electron chi connectivity index (χ2n) is 5.69. The van der Waals surface area contributed by atoms with Crippen LogP contribution in [0.1, 0.15) is 52.5 Å². The largest absolute Gasteiger partial charge is 0.380 e. The zero-order valence-electron chi connectivity index (χ0n) is 11.8. The molecular weight excluding hydrogens is 262 g/mol. The van der Waals surface area contributed by atoms with Crippen LogP contribution in [0.3, 0.4) is 0 Å². The second-order valence-corrected chi connectivity index (χ2v) is 6.07. The van der Waals surface area contributed by atoms with Crippen molar-refractivity contribution in [3.8, 4) is 0 Å². The summed E-state index contributed by atoms with van der Waals surface area (Å²) in [6.45, 7) is 5.98. The van der Waals surface area contributed by atoms with Crippen LogP contribution in [0.5, 0.6) is 0 Å². The third-order valence-corrected chi connectivity index (χ3v) is 4.29. The summed E-state index contributed by atoms with van der Waals surface area (Å²) < 4.78 is 1.41. The summed E-state index contributed by atoms with van der Waals surface area (Å²) >= 11 is 6.16. The van der Waals surface area contributed by atoms with Gasteiger partial charge in [0.15, 0.2) is 0 Å². The molecule has 1 aromatic rings. The fraction of sp³-hybridized carbons (Fsp3) is 0.714. The third kappa shape index (κ3) is 3.11. The zero-order chi connectivity index (χ0) is 14.0. The van der Waals surface area contributed by atoms with E-state index in [2.05, 4.69) is 17.3 Å². The Balaban J connectivity index is 2.17. The highest BCUT2D eigenvalue weighted by atomic mass is 35.5. The summed E-state index contributed by atoms with van der Waals surface area (Å²) in [6, 6.07) is 0.349. The van der Waals surface area contributed by atoms with E-state index >= 15 is 0 Å². The molecule has 1 atom stereocenters. The van der Waals surface area contributed by atoms with Crippen LogP contribution in [-0.4, -0.2) is 15.8 Å². The molecule has 1 unspecified atom stereocenters. The molecule has 0 radical (unpaired) electrons. The number of rotatable bonds is 4. The molecule has 0 spiro atoms. The Morgan fingerprint density at radius 2 is 2.00 bits per heavy atom. The maximum atomic E-state index is 12.1. The predicted octanol–water partition coefficient (Wildman–Crippen LogP) is 3.47. The Labute approximate surface area is 119 Å². The van der Waals surface area contributed by atoms with E-state index in [0.717, 1.165) is 0 Å². The second kappa shape index (κ2) is 5.95. The summed E-state index contributed by atoms with van der Waals surface area (Å²) in [4.78, 5) is 12.1. The van der Waals surface area contributed by atoms with E-state index in [4.69, 9.17) is 11.6 Å². The van der Waals surface area contributed by atoms with E-state index in [-0.39, 0.29) is 16.6 Å². The molecule has 1 heterocycles. The van der Waals surface area contributed by atoms with Crippen LogP contribution in [0, 0.1) is 5.92 Å². The van der Waals surface area contributed by atoms with Crippen LogP contribution in [0.25, 0.3) is 0 Å². The molecule has 19 heavy (non-hydrogen) atoms. The van der Waals surface area contributed by atoms with Gasteiger partial charge in [-0.1, -0.05) is 24.4 Å². The molecule has 1 N–H and O–H groups in total. The minimum atomic E-state index is -0.222. The van der Waals surface area contributed by atoms with Gasteiger partial charge < -0.3 is 5.32 Å². The number of nitrogens with zero attached hydrogens (tertiary/aromatic N) is 2. The predicted molar refractivity (Wildman–Crippen MR) is 78.9 cm³/mol. The summed E-state index contributed by atoms with van der Waals surface area (Å²) in [7, 11) is 0. The van der Waals surface area contributed by atoms with Crippen LogP contribution in [0.4, 0.5) is 5.69 Å². The van der Waals surface area contributed by atoms with Crippen LogP contribution >= 0.6 is 11.6 Å². The monoisotopic (exact) mass is 283 g/mol.